The van der Waals surface area contributed by atoms with E-state index in [4.69, 9.17) is 21.1 Å². The van der Waals surface area contributed by atoms with Gasteiger partial charge in [-0.2, -0.15) is 0 Å². The standard InChI is InChI=1S/C19H23ClN2O4/c1-3-25-18(23)16-12(2)22(11-15-5-4-10-26-15)19(24)21-17(16)13-6-8-14(20)9-7-13/h6-9,15,17H,3-5,10-11H2,1-2H3,(H,21,24)/t15-,17-/m1/s1. The molecule has 0 spiro atoms. The Morgan fingerprint density at radius 1 is 1.38 bits per heavy atom. The quantitative estimate of drug-likeness (QED) is 0.797. The molecule has 26 heavy (non-hydrogen) atoms. The average molecular weight is 379 g/mol. The number of amides is 2. The summed E-state index contributed by atoms with van der Waals surface area (Å²) in [5.74, 6) is -0.428. The Bertz CT molecular complexity index is 711. The van der Waals surface area contributed by atoms with Gasteiger partial charge in [0, 0.05) is 17.3 Å². The van der Waals surface area contributed by atoms with E-state index in [2.05, 4.69) is 5.32 Å². The molecule has 1 aromatic rings. The first-order chi connectivity index (χ1) is 12.5. The average Bonchev–Trinajstić information content (AvgIpc) is 3.12. The molecule has 2 aliphatic rings. The van der Waals surface area contributed by atoms with Gasteiger partial charge in [0.2, 0.25) is 0 Å². The van der Waals surface area contributed by atoms with Gasteiger partial charge in [-0.05, 0) is 44.4 Å². The maximum absolute atomic E-state index is 12.7. The number of halogens is 1. The Balaban J connectivity index is 1.96. The van der Waals surface area contributed by atoms with Crippen LogP contribution in [0.2, 0.25) is 5.02 Å². The minimum absolute atomic E-state index is 0.00812. The minimum Gasteiger partial charge on any atom is -0.463 e. The van der Waals surface area contributed by atoms with Crippen molar-refractivity contribution in [2.24, 2.45) is 0 Å². The normalized spacial score (nSPS) is 23.2. The molecule has 140 valence electrons. The summed E-state index contributed by atoms with van der Waals surface area (Å²) in [6.45, 7) is 4.94. The zero-order valence-corrected chi connectivity index (χ0v) is 15.7. The summed E-state index contributed by atoms with van der Waals surface area (Å²) in [4.78, 5) is 26.9. The maximum Gasteiger partial charge on any atom is 0.338 e. The van der Waals surface area contributed by atoms with Crippen molar-refractivity contribution in [2.75, 3.05) is 19.8 Å². The molecule has 0 unspecified atom stereocenters. The Morgan fingerprint density at radius 2 is 2.12 bits per heavy atom. The third-order valence-electron chi connectivity index (χ3n) is 4.71. The molecule has 0 aromatic heterocycles. The Labute approximate surface area is 158 Å². The van der Waals surface area contributed by atoms with E-state index in [1.165, 1.54) is 0 Å². The lowest BCUT2D eigenvalue weighted by molar-refractivity contribution is -0.139. The molecule has 1 N–H and O–H groups in total. The van der Waals surface area contributed by atoms with Crippen LogP contribution in [0.15, 0.2) is 35.5 Å². The highest BCUT2D eigenvalue weighted by Crippen LogP contribution is 2.32. The number of carbonyl (C=O) groups excluding carboxylic acids is 2. The molecule has 7 heteroatoms. The predicted molar refractivity (Wildman–Crippen MR) is 97.7 cm³/mol. The van der Waals surface area contributed by atoms with Crippen molar-refractivity contribution in [2.45, 2.75) is 38.8 Å². The third kappa shape index (κ3) is 3.86. The number of urea groups is 1. The second kappa shape index (κ2) is 8.10. The summed E-state index contributed by atoms with van der Waals surface area (Å²) >= 11 is 5.96. The molecular formula is C19H23ClN2O4. The van der Waals surface area contributed by atoms with E-state index in [1.54, 1.807) is 43.0 Å². The van der Waals surface area contributed by atoms with Crippen LogP contribution in [0.4, 0.5) is 4.79 Å². The molecule has 2 heterocycles. The topological polar surface area (TPSA) is 67.9 Å². The highest BCUT2D eigenvalue weighted by molar-refractivity contribution is 6.30. The number of hydrogen-bond donors (Lipinski definition) is 1. The smallest absolute Gasteiger partial charge is 0.338 e. The molecule has 6 nitrogen and oxygen atoms in total. The number of nitrogens with one attached hydrogen (secondary N) is 1. The van der Waals surface area contributed by atoms with Crippen molar-refractivity contribution in [3.05, 3.63) is 46.1 Å². The highest BCUT2D eigenvalue weighted by Gasteiger charge is 2.37. The SMILES string of the molecule is CCOC(=O)C1=C(C)N(C[C@H]2CCCO2)C(=O)N[C@@H]1c1ccc(Cl)cc1. The van der Waals surface area contributed by atoms with Gasteiger partial charge in [-0.1, -0.05) is 23.7 Å². The van der Waals surface area contributed by atoms with Gasteiger partial charge in [-0.25, -0.2) is 9.59 Å². The van der Waals surface area contributed by atoms with Gasteiger partial charge >= 0.3 is 12.0 Å². The highest BCUT2D eigenvalue weighted by atomic mass is 35.5. The zero-order chi connectivity index (χ0) is 18.7. The number of carbonyl (C=O) groups is 2. The summed E-state index contributed by atoms with van der Waals surface area (Å²) in [6, 6.07) is 6.26. The van der Waals surface area contributed by atoms with Gasteiger partial charge in [0.1, 0.15) is 0 Å². The van der Waals surface area contributed by atoms with E-state index in [-0.39, 0.29) is 18.7 Å². The van der Waals surface area contributed by atoms with E-state index in [1.807, 2.05) is 0 Å². The fraction of sp³-hybridized carbons (Fsp3) is 0.474. The van der Waals surface area contributed by atoms with Gasteiger partial charge in [-0.15, -0.1) is 0 Å². The van der Waals surface area contributed by atoms with E-state index < -0.39 is 12.0 Å². The fourth-order valence-corrected chi connectivity index (χ4v) is 3.50. The molecule has 0 aliphatic carbocycles. The Kier molecular flexibility index (Phi) is 5.84. The van der Waals surface area contributed by atoms with E-state index in [9.17, 15) is 9.59 Å². The summed E-state index contributed by atoms with van der Waals surface area (Å²) in [5, 5.41) is 3.52. The number of hydrogen-bond acceptors (Lipinski definition) is 4. The predicted octanol–water partition coefficient (Wildman–Crippen LogP) is 3.42. The summed E-state index contributed by atoms with van der Waals surface area (Å²) in [6.07, 6.45) is 1.89. The van der Waals surface area contributed by atoms with Crippen molar-refractivity contribution in [1.82, 2.24) is 10.2 Å². The Hall–Kier alpha value is -2.05. The van der Waals surface area contributed by atoms with Crippen molar-refractivity contribution in [3.8, 4) is 0 Å². The van der Waals surface area contributed by atoms with Crippen LogP contribution < -0.4 is 5.32 Å². The van der Waals surface area contributed by atoms with Crippen LogP contribution in [0.3, 0.4) is 0 Å². The van der Waals surface area contributed by atoms with Crippen LogP contribution in [-0.2, 0) is 14.3 Å². The second-order valence-electron chi connectivity index (χ2n) is 6.40. The van der Waals surface area contributed by atoms with E-state index in [0.717, 1.165) is 18.4 Å². The van der Waals surface area contributed by atoms with E-state index in [0.29, 0.717) is 29.4 Å². The van der Waals surface area contributed by atoms with Gasteiger partial charge in [-0.3, -0.25) is 4.90 Å². The van der Waals surface area contributed by atoms with Crippen LogP contribution >= 0.6 is 11.6 Å². The molecule has 1 fully saturated rings. The molecule has 0 saturated carbocycles. The maximum atomic E-state index is 12.7. The lowest BCUT2D eigenvalue weighted by atomic mass is 9.94. The van der Waals surface area contributed by atoms with Crippen LogP contribution in [0.25, 0.3) is 0 Å². The molecule has 1 aromatic carbocycles. The lowest BCUT2D eigenvalue weighted by Crippen LogP contribution is -2.50. The lowest BCUT2D eigenvalue weighted by Gasteiger charge is -2.36. The molecule has 2 atom stereocenters. The molecule has 0 bridgehead atoms. The molecule has 2 amide bonds. The van der Waals surface area contributed by atoms with Crippen LogP contribution in [0.1, 0.15) is 38.3 Å². The summed E-state index contributed by atoms with van der Waals surface area (Å²) in [7, 11) is 0. The first-order valence-corrected chi connectivity index (χ1v) is 9.22. The number of nitrogens with zero attached hydrogens (tertiary/aromatic N) is 1. The minimum atomic E-state index is -0.570. The largest absolute Gasteiger partial charge is 0.463 e. The van der Waals surface area contributed by atoms with Gasteiger partial charge in [0.05, 0.1) is 30.9 Å². The van der Waals surface area contributed by atoms with Crippen LogP contribution in [-0.4, -0.2) is 42.8 Å². The van der Waals surface area contributed by atoms with Crippen molar-refractivity contribution in [1.29, 1.82) is 0 Å². The summed E-state index contributed by atoms with van der Waals surface area (Å²) in [5.41, 5.74) is 1.82. The number of esters is 1. The van der Waals surface area contributed by atoms with E-state index >= 15 is 0 Å². The van der Waals surface area contributed by atoms with Gasteiger partial charge in [0.25, 0.3) is 0 Å². The third-order valence-corrected chi connectivity index (χ3v) is 4.96. The molecule has 3 rings (SSSR count). The van der Waals surface area contributed by atoms with Crippen molar-refractivity contribution >= 4 is 23.6 Å². The first kappa shape index (κ1) is 18.7. The Morgan fingerprint density at radius 3 is 2.73 bits per heavy atom. The zero-order valence-electron chi connectivity index (χ0n) is 15.0. The number of benzene rings is 1. The van der Waals surface area contributed by atoms with Gasteiger partial charge in [0.15, 0.2) is 0 Å². The number of allylic oxidation sites excluding steroid dienone is 1. The second-order valence-corrected chi connectivity index (χ2v) is 6.84. The first-order valence-electron chi connectivity index (χ1n) is 8.84. The summed E-state index contributed by atoms with van der Waals surface area (Å²) < 4.78 is 10.9. The monoisotopic (exact) mass is 378 g/mol. The molecular weight excluding hydrogens is 356 g/mol. The van der Waals surface area contributed by atoms with Crippen LogP contribution in [0.5, 0.6) is 0 Å². The van der Waals surface area contributed by atoms with Crippen LogP contribution in [0, 0.1) is 0 Å². The molecule has 2 aliphatic heterocycles. The molecule has 1 saturated heterocycles. The molecule has 0 radical (unpaired) electrons. The number of rotatable bonds is 5. The number of ether oxygens (including phenoxy) is 2. The van der Waals surface area contributed by atoms with Crippen molar-refractivity contribution in [3.63, 3.8) is 0 Å². The van der Waals surface area contributed by atoms with Gasteiger partial charge < -0.3 is 14.8 Å². The fourth-order valence-electron chi connectivity index (χ4n) is 3.37. The van der Waals surface area contributed by atoms with Crippen molar-refractivity contribution < 1.29 is 19.1 Å².